The molecule has 0 fully saturated rings. The summed E-state index contributed by atoms with van der Waals surface area (Å²) >= 11 is 0. The van der Waals surface area contributed by atoms with E-state index in [1.807, 2.05) is 0 Å². The van der Waals surface area contributed by atoms with Gasteiger partial charge in [-0.1, -0.05) is 48.5 Å². The third kappa shape index (κ3) is 9.38. The fourth-order valence-electron chi connectivity index (χ4n) is 7.27. The lowest BCUT2D eigenvalue weighted by atomic mass is 9.98. The molecule has 0 aliphatic rings. The standard InChI is InChI=1S/C50H52N2O4/c1-33-13-21-45(31-35(33)3)51(43-23-15-39(16-24-43)9-7-11-49(53)54)47-27-19-41(29-37(47)5)42-20-28-48(38(6)30-42)52(46-22-14-34(2)36(4)32-46)44-25-17-40(18-26-44)10-8-12-50(55)56/h13-32H,7-12H2,1-6H3,(H,53,54)(H,55,56). The molecule has 0 aromatic heterocycles. The van der Waals surface area contributed by atoms with Crippen LogP contribution >= 0.6 is 0 Å². The maximum Gasteiger partial charge on any atom is 0.303 e. The fourth-order valence-corrected chi connectivity index (χ4v) is 7.27. The van der Waals surface area contributed by atoms with Gasteiger partial charge in [0.1, 0.15) is 0 Å². The maximum atomic E-state index is 11.1. The number of carboxylic acid groups (broad SMARTS) is 2. The summed E-state index contributed by atoms with van der Waals surface area (Å²) in [5.41, 5.74) is 18.2. The Morgan fingerprint density at radius 1 is 0.411 bits per heavy atom. The molecule has 6 aromatic rings. The van der Waals surface area contributed by atoms with Crippen LogP contribution in [-0.2, 0) is 22.4 Å². The number of anilines is 6. The van der Waals surface area contributed by atoms with Crippen molar-refractivity contribution in [3.63, 3.8) is 0 Å². The number of rotatable bonds is 15. The Kier molecular flexibility index (Phi) is 12.4. The van der Waals surface area contributed by atoms with E-state index in [2.05, 4.69) is 173 Å². The summed E-state index contributed by atoms with van der Waals surface area (Å²) < 4.78 is 0. The molecular weight excluding hydrogens is 693 g/mol. The van der Waals surface area contributed by atoms with Gasteiger partial charge in [0.15, 0.2) is 0 Å². The normalized spacial score (nSPS) is 11.0. The monoisotopic (exact) mass is 744 g/mol. The summed E-state index contributed by atoms with van der Waals surface area (Å²) in [6, 6.07) is 43.5. The maximum absolute atomic E-state index is 11.1. The van der Waals surface area contributed by atoms with Crippen molar-refractivity contribution in [2.45, 2.75) is 80.1 Å². The van der Waals surface area contributed by atoms with Gasteiger partial charge < -0.3 is 20.0 Å². The van der Waals surface area contributed by atoms with Crippen LogP contribution in [0, 0.1) is 41.5 Å². The Bertz CT molecular complexity index is 2180. The predicted octanol–water partition coefficient (Wildman–Crippen LogP) is 13.0. The minimum absolute atomic E-state index is 0.168. The number of aryl methyl sites for hydroxylation is 8. The van der Waals surface area contributed by atoms with Crippen molar-refractivity contribution in [2.75, 3.05) is 9.80 Å². The average Bonchev–Trinajstić information content (AvgIpc) is 3.17. The highest BCUT2D eigenvalue weighted by Gasteiger charge is 2.19. The predicted molar refractivity (Wildman–Crippen MR) is 231 cm³/mol. The number of aliphatic carboxylic acids is 2. The van der Waals surface area contributed by atoms with E-state index in [4.69, 9.17) is 10.2 Å². The third-order valence-electron chi connectivity index (χ3n) is 10.8. The molecule has 286 valence electrons. The van der Waals surface area contributed by atoms with Crippen molar-refractivity contribution in [2.24, 2.45) is 0 Å². The lowest BCUT2D eigenvalue weighted by Gasteiger charge is -2.29. The summed E-state index contributed by atoms with van der Waals surface area (Å²) in [6.45, 7) is 12.9. The highest BCUT2D eigenvalue weighted by atomic mass is 16.4. The van der Waals surface area contributed by atoms with Gasteiger partial charge in [0, 0.05) is 47.0 Å². The molecule has 0 atom stereocenters. The first-order chi connectivity index (χ1) is 26.9. The molecule has 0 unspecified atom stereocenters. The van der Waals surface area contributed by atoms with Crippen LogP contribution in [0.3, 0.4) is 0 Å². The highest BCUT2D eigenvalue weighted by Crippen LogP contribution is 2.41. The van der Waals surface area contributed by atoms with Gasteiger partial charge in [0.05, 0.1) is 0 Å². The highest BCUT2D eigenvalue weighted by molar-refractivity contribution is 5.84. The second-order valence-electron chi connectivity index (χ2n) is 15.0. The lowest BCUT2D eigenvalue weighted by Crippen LogP contribution is -2.12. The molecule has 6 aromatic carbocycles. The number of carbonyl (C=O) groups is 2. The van der Waals surface area contributed by atoms with Gasteiger partial charge in [-0.15, -0.1) is 0 Å². The molecule has 0 heterocycles. The van der Waals surface area contributed by atoms with Gasteiger partial charge in [0.2, 0.25) is 0 Å². The Morgan fingerprint density at radius 3 is 1.09 bits per heavy atom. The van der Waals surface area contributed by atoms with Crippen LogP contribution in [0.25, 0.3) is 11.1 Å². The number of hydrogen-bond acceptors (Lipinski definition) is 4. The summed E-state index contributed by atoms with van der Waals surface area (Å²) in [4.78, 5) is 26.7. The molecule has 0 saturated heterocycles. The fraction of sp³-hybridized carbons (Fsp3) is 0.240. The summed E-state index contributed by atoms with van der Waals surface area (Å²) in [7, 11) is 0. The molecule has 56 heavy (non-hydrogen) atoms. The summed E-state index contributed by atoms with van der Waals surface area (Å²) in [5, 5.41) is 18.2. The van der Waals surface area contributed by atoms with Crippen molar-refractivity contribution in [1.82, 2.24) is 0 Å². The summed E-state index contributed by atoms with van der Waals surface area (Å²) in [5.74, 6) is -1.53. The minimum atomic E-state index is -0.763. The first-order valence-electron chi connectivity index (χ1n) is 19.5. The van der Waals surface area contributed by atoms with E-state index in [0.717, 1.165) is 80.3 Å². The minimum Gasteiger partial charge on any atom is -0.481 e. The second-order valence-corrected chi connectivity index (χ2v) is 15.0. The van der Waals surface area contributed by atoms with Gasteiger partial charge in [-0.2, -0.15) is 0 Å². The molecule has 6 heteroatoms. The van der Waals surface area contributed by atoms with Crippen LogP contribution in [0.5, 0.6) is 0 Å². The van der Waals surface area contributed by atoms with Crippen LogP contribution in [0.15, 0.2) is 121 Å². The van der Waals surface area contributed by atoms with Crippen molar-refractivity contribution in [3.8, 4) is 11.1 Å². The molecule has 0 aliphatic heterocycles. The number of nitrogens with zero attached hydrogens (tertiary/aromatic N) is 2. The van der Waals surface area contributed by atoms with E-state index in [1.165, 1.54) is 22.3 Å². The first kappa shape index (κ1) is 39.6. The van der Waals surface area contributed by atoms with Gasteiger partial charge >= 0.3 is 11.9 Å². The molecule has 0 spiro atoms. The van der Waals surface area contributed by atoms with Gasteiger partial charge in [-0.3, -0.25) is 9.59 Å². The molecule has 0 aliphatic carbocycles. The molecule has 6 nitrogen and oxygen atoms in total. The van der Waals surface area contributed by atoms with Crippen molar-refractivity contribution in [1.29, 1.82) is 0 Å². The smallest absolute Gasteiger partial charge is 0.303 e. The SMILES string of the molecule is Cc1ccc(N(c2ccc(CCCC(=O)O)cc2)c2ccc(-c3ccc(N(c4ccc(CCCC(=O)O)cc4)c4ccc(C)c(C)c4)c(C)c3)cc2C)cc1C. The number of carboxylic acids is 2. The van der Waals surface area contributed by atoms with Gasteiger partial charge in [-0.05, 0) is 196 Å². The molecule has 0 bridgehead atoms. The summed E-state index contributed by atoms with van der Waals surface area (Å²) in [6.07, 6.45) is 3.03. The number of benzene rings is 6. The van der Waals surface area contributed by atoms with Gasteiger partial charge in [-0.25, -0.2) is 0 Å². The zero-order valence-corrected chi connectivity index (χ0v) is 33.4. The molecule has 0 saturated carbocycles. The van der Waals surface area contributed by atoms with E-state index < -0.39 is 11.9 Å². The van der Waals surface area contributed by atoms with Crippen LogP contribution < -0.4 is 9.80 Å². The quantitative estimate of drug-likeness (QED) is 0.109. The second kappa shape index (κ2) is 17.5. The third-order valence-corrected chi connectivity index (χ3v) is 10.8. The van der Waals surface area contributed by atoms with E-state index in [1.54, 1.807) is 0 Å². The lowest BCUT2D eigenvalue weighted by molar-refractivity contribution is -0.138. The van der Waals surface area contributed by atoms with Crippen LogP contribution in [-0.4, -0.2) is 22.2 Å². The Labute approximate surface area is 331 Å². The van der Waals surface area contributed by atoms with Crippen LogP contribution in [0.1, 0.15) is 70.2 Å². The van der Waals surface area contributed by atoms with Crippen molar-refractivity contribution >= 4 is 46.1 Å². The van der Waals surface area contributed by atoms with Gasteiger partial charge in [0.25, 0.3) is 0 Å². The van der Waals surface area contributed by atoms with Crippen LogP contribution in [0.4, 0.5) is 34.1 Å². The average molecular weight is 745 g/mol. The molecular formula is C50H52N2O4. The number of hydrogen-bond donors (Lipinski definition) is 2. The van der Waals surface area contributed by atoms with E-state index in [-0.39, 0.29) is 12.8 Å². The van der Waals surface area contributed by atoms with Crippen molar-refractivity contribution < 1.29 is 19.8 Å². The van der Waals surface area contributed by atoms with Crippen LogP contribution in [0.2, 0.25) is 0 Å². The zero-order valence-electron chi connectivity index (χ0n) is 33.4. The first-order valence-corrected chi connectivity index (χ1v) is 19.5. The Hall–Kier alpha value is -6.14. The topological polar surface area (TPSA) is 81.1 Å². The molecule has 2 N–H and O–H groups in total. The molecule has 0 amide bonds. The molecule has 6 rings (SSSR count). The Balaban J connectivity index is 1.33. The zero-order chi connectivity index (χ0) is 39.9. The van der Waals surface area contributed by atoms with E-state index >= 15 is 0 Å². The molecule has 0 radical (unpaired) electrons. The van der Waals surface area contributed by atoms with Crippen molar-refractivity contribution in [3.05, 3.63) is 166 Å². The van der Waals surface area contributed by atoms with E-state index in [9.17, 15) is 9.59 Å². The Morgan fingerprint density at radius 2 is 0.768 bits per heavy atom. The van der Waals surface area contributed by atoms with E-state index in [0.29, 0.717) is 12.8 Å². The largest absolute Gasteiger partial charge is 0.481 e.